The molecule has 6 rings (SSSR count). The third kappa shape index (κ3) is 12.0. The van der Waals surface area contributed by atoms with Gasteiger partial charge in [0.1, 0.15) is 0 Å². The van der Waals surface area contributed by atoms with Gasteiger partial charge < -0.3 is 31.9 Å². The molecule has 0 bridgehead atoms. The van der Waals surface area contributed by atoms with Crippen molar-refractivity contribution in [2.24, 2.45) is 0 Å². The fourth-order valence-corrected chi connectivity index (χ4v) is 8.32. The molecule has 8 N–H and O–H groups in total. The van der Waals surface area contributed by atoms with Gasteiger partial charge in [0.2, 0.25) is 0 Å². The van der Waals surface area contributed by atoms with E-state index in [4.69, 9.17) is 11.5 Å². The van der Waals surface area contributed by atoms with E-state index in [-0.39, 0.29) is 34.6 Å². The van der Waals surface area contributed by atoms with E-state index < -0.39 is 20.0 Å². The molecular weight excluding hydrogens is 768 g/mol. The number of nitrogen functional groups attached to an aromatic ring is 2. The molecule has 0 amide bonds. The van der Waals surface area contributed by atoms with Gasteiger partial charge in [0.25, 0.3) is 20.0 Å². The van der Waals surface area contributed by atoms with Gasteiger partial charge in [-0.2, -0.15) is 0 Å². The van der Waals surface area contributed by atoms with Crippen molar-refractivity contribution in [2.45, 2.75) is 49.3 Å². The highest BCUT2D eigenvalue weighted by Gasteiger charge is 2.20. The van der Waals surface area contributed by atoms with Crippen LogP contribution in [0.1, 0.15) is 43.7 Å². The topological polar surface area (TPSA) is 175 Å². The zero-order valence-electron chi connectivity index (χ0n) is 31.0. The van der Waals surface area contributed by atoms with Gasteiger partial charge in [-0.05, 0) is 105 Å². The molecule has 2 aliphatic heterocycles. The first-order valence-corrected chi connectivity index (χ1v) is 20.7. The van der Waals surface area contributed by atoms with Gasteiger partial charge in [-0.3, -0.25) is 9.44 Å². The van der Waals surface area contributed by atoms with Crippen LogP contribution in [0.4, 0.5) is 34.1 Å². The summed E-state index contributed by atoms with van der Waals surface area (Å²) in [5, 5.41) is 6.70. The number of anilines is 6. The van der Waals surface area contributed by atoms with E-state index in [0.29, 0.717) is 28.7 Å². The second-order valence-electron chi connectivity index (χ2n) is 13.5. The van der Waals surface area contributed by atoms with Gasteiger partial charge in [0.05, 0.1) is 32.5 Å². The Labute approximate surface area is 333 Å². The molecule has 2 saturated heterocycles. The molecule has 0 aromatic heterocycles. The van der Waals surface area contributed by atoms with Crippen LogP contribution < -0.4 is 41.3 Å². The first-order valence-electron chi connectivity index (χ1n) is 17.7. The van der Waals surface area contributed by atoms with Crippen LogP contribution in [0, 0.1) is 6.92 Å². The van der Waals surface area contributed by atoms with Gasteiger partial charge in [0, 0.05) is 50.6 Å². The average Bonchev–Trinajstić information content (AvgIpc) is 3.56. The van der Waals surface area contributed by atoms with E-state index >= 15 is 0 Å². The summed E-state index contributed by atoms with van der Waals surface area (Å²) in [6.07, 6.45) is 2.07. The van der Waals surface area contributed by atoms with E-state index in [1.165, 1.54) is 11.6 Å². The number of benzene rings is 4. The number of sulfonamides is 2. The first kappa shape index (κ1) is 44.5. The molecule has 54 heavy (non-hydrogen) atoms. The maximum atomic E-state index is 12.7. The van der Waals surface area contributed by atoms with Crippen molar-refractivity contribution in [3.63, 3.8) is 0 Å². The van der Waals surface area contributed by atoms with Crippen molar-refractivity contribution in [3.8, 4) is 0 Å². The molecule has 0 atom stereocenters. The Morgan fingerprint density at radius 3 is 1.39 bits per heavy atom. The zero-order valence-corrected chi connectivity index (χ0v) is 34.3. The molecule has 296 valence electrons. The van der Waals surface area contributed by atoms with Gasteiger partial charge >= 0.3 is 0 Å². The summed E-state index contributed by atoms with van der Waals surface area (Å²) in [5.41, 5.74) is 18.4. The minimum Gasteiger partial charge on any atom is -0.397 e. The zero-order chi connectivity index (χ0) is 37.3. The summed E-state index contributed by atoms with van der Waals surface area (Å²) in [6, 6.07) is 24.6. The average molecular weight is 822 g/mol. The summed E-state index contributed by atoms with van der Waals surface area (Å²) in [5.74, 6) is 0.400. The minimum atomic E-state index is -3.68. The Balaban J connectivity index is 0.000000281. The van der Waals surface area contributed by atoms with Crippen LogP contribution in [-0.2, 0) is 20.0 Å². The quantitative estimate of drug-likeness (QED) is 0.110. The van der Waals surface area contributed by atoms with Gasteiger partial charge in [-0.25, -0.2) is 16.8 Å². The van der Waals surface area contributed by atoms with E-state index in [9.17, 15) is 16.8 Å². The molecular formula is C38H54Cl2N8O4S2. The molecule has 0 saturated carbocycles. The highest BCUT2D eigenvalue weighted by molar-refractivity contribution is 7.93. The number of hydrogen-bond acceptors (Lipinski definition) is 10. The first-order chi connectivity index (χ1) is 24.8. The van der Waals surface area contributed by atoms with Crippen molar-refractivity contribution in [3.05, 3.63) is 96.1 Å². The highest BCUT2D eigenvalue weighted by atomic mass is 35.5. The molecule has 2 fully saturated rings. The van der Waals surface area contributed by atoms with E-state index in [2.05, 4.69) is 43.7 Å². The lowest BCUT2D eigenvalue weighted by atomic mass is 10.0. The van der Waals surface area contributed by atoms with Gasteiger partial charge in [0.15, 0.2) is 0 Å². The lowest BCUT2D eigenvalue weighted by molar-refractivity contribution is 0.599. The number of nitrogens with two attached hydrogens (primary N) is 2. The van der Waals surface area contributed by atoms with E-state index in [0.717, 1.165) is 82.1 Å². The molecule has 2 aliphatic rings. The van der Waals surface area contributed by atoms with Gasteiger partial charge in [-0.15, -0.1) is 24.8 Å². The largest absolute Gasteiger partial charge is 0.397 e. The predicted octanol–water partition coefficient (Wildman–Crippen LogP) is 6.01. The van der Waals surface area contributed by atoms with E-state index in [1.54, 1.807) is 54.6 Å². The molecule has 2 heterocycles. The second kappa shape index (κ2) is 20.1. The van der Waals surface area contributed by atoms with Crippen molar-refractivity contribution in [2.75, 3.05) is 83.1 Å². The maximum Gasteiger partial charge on any atom is 0.261 e. The minimum absolute atomic E-state index is 0. The number of rotatable bonds is 9. The molecule has 12 nitrogen and oxygen atoms in total. The van der Waals surface area contributed by atoms with Crippen molar-refractivity contribution in [1.82, 2.24) is 10.6 Å². The SMILES string of the molecule is CC(C)c1ccc(NS(=O)(=O)c2ccc(N3CCCNCC3)c(N)c2)cc1.Cc1ccc(NS(=O)(=O)c2ccc(N3CCCNCC3)c(N)c2)cc1.Cl.Cl. The van der Waals surface area contributed by atoms with E-state index in [1.807, 2.05) is 31.2 Å². The Kier molecular flexibility index (Phi) is 16.6. The number of hydrogen-bond donors (Lipinski definition) is 6. The van der Waals surface area contributed by atoms with Crippen molar-refractivity contribution in [1.29, 1.82) is 0 Å². The number of nitrogens with zero attached hydrogens (tertiary/aromatic N) is 2. The van der Waals surface area contributed by atoms with Crippen LogP contribution in [0.2, 0.25) is 0 Å². The molecule has 4 aromatic carbocycles. The molecule has 0 spiro atoms. The number of aryl methyl sites for hydroxylation is 1. The molecule has 4 aromatic rings. The van der Waals surface area contributed by atoms with Gasteiger partial charge in [-0.1, -0.05) is 43.7 Å². The number of halogens is 2. The second-order valence-corrected chi connectivity index (χ2v) is 16.8. The maximum absolute atomic E-state index is 12.7. The Bertz CT molecular complexity index is 2000. The summed E-state index contributed by atoms with van der Waals surface area (Å²) in [6.45, 7) is 13.5. The van der Waals surface area contributed by atoms with Crippen LogP contribution in [-0.4, -0.2) is 69.2 Å². The fraction of sp³-hybridized carbons (Fsp3) is 0.368. The molecule has 0 radical (unpaired) electrons. The smallest absolute Gasteiger partial charge is 0.261 e. The predicted molar refractivity (Wildman–Crippen MR) is 229 cm³/mol. The molecule has 0 aliphatic carbocycles. The van der Waals surface area contributed by atoms with Crippen molar-refractivity contribution < 1.29 is 16.8 Å². The van der Waals surface area contributed by atoms with Crippen LogP contribution in [0.5, 0.6) is 0 Å². The highest BCUT2D eigenvalue weighted by Crippen LogP contribution is 2.29. The summed E-state index contributed by atoms with van der Waals surface area (Å²) >= 11 is 0. The third-order valence-electron chi connectivity index (χ3n) is 9.11. The fourth-order valence-electron chi connectivity index (χ4n) is 6.13. The third-order valence-corrected chi connectivity index (χ3v) is 11.9. The van der Waals surface area contributed by atoms with Crippen LogP contribution in [0.25, 0.3) is 0 Å². The monoisotopic (exact) mass is 820 g/mol. The normalized spacial score (nSPS) is 15.0. The summed E-state index contributed by atoms with van der Waals surface area (Å²) in [4.78, 5) is 4.73. The number of nitrogens with one attached hydrogen (secondary N) is 4. The molecule has 0 unspecified atom stereocenters. The molecule has 16 heteroatoms. The van der Waals surface area contributed by atoms with Crippen LogP contribution in [0.15, 0.2) is 94.7 Å². The Morgan fingerprint density at radius 1 is 0.593 bits per heavy atom. The lowest BCUT2D eigenvalue weighted by Crippen LogP contribution is -2.28. The Morgan fingerprint density at radius 2 is 1.00 bits per heavy atom. The Hall–Kier alpha value is -3.92. The van der Waals surface area contributed by atoms with Crippen LogP contribution in [0.3, 0.4) is 0 Å². The summed E-state index contributed by atoms with van der Waals surface area (Å²) < 4.78 is 55.9. The summed E-state index contributed by atoms with van der Waals surface area (Å²) in [7, 11) is -7.35. The standard InChI is InChI=1S/C20H28N4O2S.C18H24N4O2S.2ClH/c1-15(2)16-4-6-17(7-5-16)23-27(25,26)18-8-9-20(19(21)14-18)24-12-3-10-22-11-13-24;1-14-3-5-15(6-4-14)21-25(23,24)16-7-8-18(17(19)13-16)22-11-2-9-20-10-12-22;;/h4-9,14-15,22-23H,3,10-13,21H2,1-2H3;3-8,13,20-21H,2,9-12,19H2,1H3;2*1H. The lowest BCUT2D eigenvalue weighted by Gasteiger charge is -2.24. The van der Waals surface area contributed by atoms with Crippen molar-refractivity contribution >= 4 is 79.0 Å². The van der Waals surface area contributed by atoms with Crippen LogP contribution >= 0.6 is 24.8 Å².